The van der Waals surface area contributed by atoms with Crippen LogP contribution in [0.25, 0.3) is 0 Å². The van der Waals surface area contributed by atoms with Crippen LogP contribution in [-0.4, -0.2) is 11.2 Å². The Morgan fingerprint density at radius 2 is 2.00 bits per heavy atom. The van der Waals surface area contributed by atoms with Crippen molar-refractivity contribution in [1.29, 1.82) is 0 Å². The fraction of sp³-hybridized carbons (Fsp3) is 0.125. The fourth-order valence-corrected chi connectivity index (χ4v) is 1.24. The van der Waals surface area contributed by atoms with E-state index in [1.165, 1.54) is 0 Å². The van der Waals surface area contributed by atoms with Crippen LogP contribution in [-0.2, 0) is 6.18 Å². The number of halogens is 4. The van der Waals surface area contributed by atoms with E-state index in [4.69, 9.17) is 16.7 Å². The molecule has 2 N–H and O–H groups in total. The summed E-state index contributed by atoms with van der Waals surface area (Å²) in [6.45, 7) is 0. The molecule has 0 fully saturated rings. The summed E-state index contributed by atoms with van der Waals surface area (Å²) in [5.41, 5.74) is -1.37. The molecule has 0 aliphatic rings. The van der Waals surface area contributed by atoms with Crippen LogP contribution in [0.4, 0.5) is 23.7 Å². The smallest absolute Gasteiger partial charge is 0.417 e. The summed E-state index contributed by atoms with van der Waals surface area (Å²) < 4.78 is 36.9. The number of carboxylic acid groups (broad SMARTS) is 1. The van der Waals surface area contributed by atoms with E-state index in [0.29, 0.717) is 0 Å². The molecule has 0 unspecified atom stereocenters. The predicted octanol–water partition coefficient (Wildman–Crippen LogP) is 3.45. The van der Waals surface area contributed by atoms with Crippen molar-refractivity contribution in [2.75, 3.05) is 5.32 Å². The maximum atomic E-state index is 12.3. The molecule has 1 rings (SSSR count). The van der Waals surface area contributed by atoms with Gasteiger partial charge in [0.15, 0.2) is 0 Å². The molecule has 0 aromatic heterocycles. The predicted molar refractivity (Wildman–Crippen MR) is 48.1 cm³/mol. The van der Waals surface area contributed by atoms with Crippen molar-refractivity contribution in [1.82, 2.24) is 0 Å². The van der Waals surface area contributed by atoms with Gasteiger partial charge in [-0.05, 0) is 12.1 Å². The van der Waals surface area contributed by atoms with Gasteiger partial charge in [-0.1, -0.05) is 17.7 Å². The van der Waals surface area contributed by atoms with Crippen LogP contribution >= 0.6 is 11.6 Å². The van der Waals surface area contributed by atoms with E-state index in [9.17, 15) is 18.0 Å². The lowest BCUT2D eigenvalue weighted by atomic mass is 10.2. The Balaban J connectivity index is 3.17. The first-order valence-corrected chi connectivity index (χ1v) is 4.06. The molecule has 1 amide bonds. The average Bonchev–Trinajstić information content (AvgIpc) is 2.05. The van der Waals surface area contributed by atoms with E-state index in [0.717, 1.165) is 18.2 Å². The highest BCUT2D eigenvalue weighted by molar-refractivity contribution is 6.34. The molecule has 3 nitrogen and oxygen atoms in total. The first-order valence-electron chi connectivity index (χ1n) is 3.68. The Labute approximate surface area is 87.5 Å². The molecular weight excluding hydrogens is 235 g/mol. The van der Waals surface area contributed by atoms with Crippen LogP contribution in [0.15, 0.2) is 18.2 Å². The zero-order chi connectivity index (χ0) is 11.6. The average molecular weight is 240 g/mol. The molecule has 0 aliphatic heterocycles. The largest absolute Gasteiger partial charge is 0.465 e. The maximum Gasteiger partial charge on any atom is 0.417 e. The number of alkyl halides is 3. The van der Waals surface area contributed by atoms with E-state index in [2.05, 4.69) is 0 Å². The van der Waals surface area contributed by atoms with Gasteiger partial charge in [-0.3, -0.25) is 5.32 Å². The van der Waals surface area contributed by atoms with E-state index in [1.54, 1.807) is 5.32 Å². The fourth-order valence-electron chi connectivity index (χ4n) is 0.963. The lowest BCUT2D eigenvalue weighted by Crippen LogP contribution is -2.11. The minimum atomic E-state index is -4.60. The van der Waals surface area contributed by atoms with Crippen LogP contribution in [0.3, 0.4) is 0 Å². The summed E-state index contributed by atoms with van der Waals surface area (Å²) in [6.07, 6.45) is -6.08. The van der Waals surface area contributed by atoms with Crippen molar-refractivity contribution in [3.63, 3.8) is 0 Å². The molecule has 0 bridgehead atoms. The lowest BCUT2D eigenvalue weighted by Gasteiger charge is -2.11. The third-order valence-corrected chi connectivity index (χ3v) is 1.95. The number of anilines is 1. The first-order chi connectivity index (χ1) is 6.82. The monoisotopic (exact) mass is 239 g/mol. The molecule has 0 saturated carbocycles. The number of benzene rings is 1. The summed E-state index contributed by atoms with van der Waals surface area (Å²) in [6, 6.07) is 2.99. The second-order valence-corrected chi connectivity index (χ2v) is 2.97. The van der Waals surface area contributed by atoms with Gasteiger partial charge in [0.2, 0.25) is 0 Å². The van der Waals surface area contributed by atoms with Crippen molar-refractivity contribution in [3.05, 3.63) is 28.8 Å². The van der Waals surface area contributed by atoms with Gasteiger partial charge in [0.1, 0.15) is 0 Å². The molecule has 0 heterocycles. The topological polar surface area (TPSA) is 49.3 Å². The molecule has 0 saturated heterocycles. The Morgan fingerprint density at radius 1 is 1.40 bits per heavy atom. The van der Waals surface area contributed by atoms with Crippen LogP contribution < -0.4 is 5.32 Å². The quantitative estimate of drug-likeness (QED) is 0.789. The second kappa shape index (κ2) is 3.98. The molecule has 1 aromatic rings. The molecule has 1 aromatic carbocycles. The summed E-state index contributed by atoms with van der Waals surface area (Å²) in [4.78, 5) is 10.2. The van der Waals surface area contributed by atoms with Gasteiger partial charge in [0.05, 0.1) is 16.3 Å². The highest BCUT2D eigenvalue weighted by Crippen LogP contribution is 2.37. The summed E-state index contributed by atoms with van der Waals surface area (Å²) >= 11 is 5.39. The maximum absolute atomic E-state index is 12.3. The van der Waals surface area contributed by atoms with Gasteiger partial charge >= 0.3 is 12.3 Å². The van der Waals surface area contributed by atoms with Gasteiger partial charge < -0.3 is 5.11 Å². The number of hydrogen-bond donors (Lipinski definition) is 2. The summed E-state index contributed by atoms with van der Waals surface area (Å²) in [5, 5.41) is 9.44. The number of carbonyl (C=O) groups is 1. The minimum Gasteiger partial charge on any atom is -0.465 e. The molecule has 0 atom stereocenters. The highest BCUT2D eigenvalue weighted by atomic mass is 35.5. The lowest BCUT2D eigenvalue weighted by molar-refractivity contribution is -0.137. The third kappa shape index (κ3) is 2.76. The van der Waals surface area contributed by atoms with Crippen molar-refractivity contribution in [2.45, 2.75) is 6.18 Å². The van der Waals surface area contributed by atoms with Crippen LogP contribution in [0.2, 0.25) is 5.02 Å². The van der Waals surface area contributed by atoms with E-state index in [-0.39, 0.29) is 5.69 Å². The number of nitrogens with one attached hydrogen (secondary N) is 1. The zero-order valence-corrected chi connectivity index (χ0v) is 7.86. The van der Waals surface area contributed by atoms with Gasteiger partial charge in [0.25, 0.3) is 0 Å². The normalized spacial score (nSPS) is 11.2. The molecular formula is C8H5ClF3NO2. The zero-order valence-electron chi connectivity index (χ0n) is 7.10. The van der Waals surface area contributed by atoms with Gasteiger partial charge in [-0.15, -0.1) is 0 Å². The molecule has 82 valence electrons. The molecule has 7 heteroatoms. The van der Waals surface area contributed by atoms with Gasteiger partial charge in [-0.2, -0.15) is 13.2 Å². The number of hydrogen-bond acceptors (Lipinski definition) is 1. The SMILES string of the molecule is O=C(O)Nc1cccc(C(F)(F)F)c1Cl. The Bertz CT molecular complexity index is 392. The molecule has 15 heavy (non-hydrogen) atoms. The van der Waals surface area contributed by atoms with Crippen molar-refractivity contribution < 1.29 is 23.1 Å². The van der Waals surface area contributed by atoms with Crippen molar-refractivity contribution in [3.8, 4) is 0 Å². The Kier molecular flexibility index (Phi) is 3.09. The van der Waals surface area contributed by atoms with Crippen molar-refractivity contribution in [2.24, 2.45) is 0 Å². The summed E-state index contributed by atoms with van der Waals surface area (Å²) in [5.74, 6) is 0. The van der Waals surface area contributed by atoms with Gasteiger partial charge in [0, 0.05) is 0 Å². The van der Waals surface area contributed by atoms with Crippen molar-refractivity contribution >= 4 is 23.4 Å². The minimum absolute atomic E-state index is 0.293. The van der Waals surface area contributed by atoms with Crippen LogP contribution in [0.5, 0.6) is 0 Å². The van der Waals surface area contributed by atoms with Gasteiger partial charge in [-0.25, -0.2) is 4.79 Å². The highest BCUT2D eigenvalue weighted by Gasteiger charge is 2.34. The van der Waals surface area contributed by atoms with Crippen LogP contribution in [0.1, 0.15) is 5.56 Å². The number of rotatable bonds is 1. The van der Waals surface area contributed by atoms with E-state index < -0.39 is 22.9 Å². The molecule has 0 spiro atoms. The third-order valence-electron chi connectivity index (χ3n) is 1.55. The Morgan fingerprint density at radius 3 is 2.47 bits per heavy atom. The van der Waals surface area contributed by atoms with E-state index in [1.807, 2.05) is 0 Å². The molecule has 0 radical (unpaired) electrons. The van der Waals surface area contributed by atoms with Crippen LogP contribution in [0, 0.1) is 0 Å². The number of amides is 1. The molecule has 0 aliphatic carbocycles. The standard InChI is InChI=1S/C8H5ClF3NO2/c9-6-4(8(10,11)12)2-1-3-5(6)13-7(14)15/h1-3,13H,(H,14,15). The second-order valence-electron chi connectivity index (χ2n) is 2.60. The Hall–Kier alpha value is -1.43. The summed E-state index contributed by atoms with van der Waals surface area (Å²) in [7, 11) is 0. The first kappa shape index (κ1) is 11.6. The van der Waals surface area contributed by atoms with E-state index >= 15 is 0 Å².